The Bertz CT molecular complexity index is 850. The molecule has 6 heteroatoms. The van der Waals surface area contributed by atoms with Crippen molar-refractivity contribution in [2.75, 3.05) is 13.7 Å². The minimum absolute atomic E-state index is 0.195. The molecule has 0 unspecified atom stereocenters. The Morgan fingerprint density at radius 2 is 1.86 bits per heavy atom. The van der Waals surface area contributed by atoms with Crippen LogP contribution in [0.5, 0.6) is 5.75 Å². The van der Waals surface area contributed by atoms with Crippen LogP contribution in [0.2, 0.25) is 0 Å². The Morgan fingerprint density at radius 3 is 2.39 bits per heavy atom. The minimum atomic E-state index is -0.425. The zero-order valence-corrected chi connectivity index (χ0v) is 17.2. The number of aryl methyl sites for hydroxylation is 1. The molecule has 1 N–H and O–H groups in total. The van der Waals surface area contributed by atoms with E-state index >= 15 is 0 Å². The largest absolute Gasteiger partial charge is 0.497 e. The number of nitrogens with zero attached hydrogens (tertiary/aromatic N) is 1. The maximum absolute atomic E-state index is 13.2. The molecule has 1 aromatic heterocycles. The summed E-state index contributed by atoms with van der Waals surface area (Å²) in [5.74, 6) is 0.139. The van der Waals surface area contributed by atoms with Gasteiger partial charge in [0.2, 0.25) is 0 Å². The number of carbonyl (C=O) groups excluding carboxylic acids is 2. The highest BCUT2D eigenvalue weighted by molar-refractivity contribution is 6.00. The summed E-state index contributed by atoms with van der Waals surface area (Å²) in [5.41, 5.74) is 2.99. The van der Waals surface area contributed by atoms with Crippen molar-refractivity contribution in [3.63, 3.8) is 0 Å². The van der Waals surface area contributed by atoms with Crippen molar-refractivity contribution in [3.8, 4) is 5.75 Å². The number of aromatic nitrogens is 1. The molecule has 2 rings (SSSR count). The van der Waals surface area contributed by atoms with Crippen LogP contribution < -0.4 is 4.74 Å². The quantitative estimate of drug-likeness (QED) is 0.551. The van der Waals surface area contributed by atoms with Gasteiger partial charge in [0.05, 0.1) is 18.8 Å². The number of nitrogens with one attached hydrogen (secondary N) is 1. The third kappa shape index (κ3) is 4.82. The molecule has 0 saturated heterocycles. The molecule has 1 heterocycles. The highest BCUT2D eigenvalue weighted by Crippen LogP contribution is 2.22. The molecule has 0 radical (unpaired) electrons. The molecule has 150 valence electrons. The summed E-state index contributed by atoms with van der Waals surface area (Å²) in [6, 6.07) is 7.55. The second-order valence-electron chi connectivity index (χ2n) is 6.90. The monoisotopic (exact) mass is 384 g/mol. The van der Waals surface area contributed by atoms with Crippen molar-refractivity contribution in [3.05, 3.63) is 65.0 Å². The maximum Gasteiger partial charge on any atom is 0.340 e. The van der Waals surface area contributed by atoms with Crippen LogP contribution in [0.4, 0.5) is 0 Å². The Morgan fingerprint density at radius 1 is 1.21 bits per heavy atom. The van der Waals surface area contributed by atoms with E-state index in [1.54, 1.807) is 45.8 Å². The predicted octanol–water partition coefficient (Wildman–Crippen LogP) is 4.03. The number of amides is 1. The lowest BCUT2D eigenvalue weighted by molar-refractivity contribution is 0.0376. The number of benzene rings is 1. The zero-order chi connectivity index (χ0) is 20.8. The van der Waals surface area contributed by atoms with E-state index in [1.165, 1.54) is 0 Å². The molecule has 1 amide bonds. The van der Waals surface area contributed by atoms with Gasteiger partial charge in [-0.1, -0.05) is 18.2 Å². The number of hydrogen-bond donors (Lipinski definition) is 1. The fourth-order valence-electron chi connectivity index (χ4n) is 3.03. The summed E-state index contributed by atoms with van der Waals surface area (Å²) in [5, 5.41) is 0. The van der Waals surface area contributed by atoms with E-state index in [1.807, 2.05) is 24.3 Å². The minimum Gasteiger partial charge on any atom is -0.497 e. The van der Waals surface area contributed by atoms with Crippen LogP contribution in [-0.4, -0.2) is 41.5 Å². The Hall–Kier alpha value is -3.02. The van der Waals surface area contributed by atoms with Crippen LogP contribution in [0.15, 0.2) is 36.9 Å². The van der Waals surface area contributed by atoms with E-state index in [9.17, 15) is 9.59 Å². The summed E-state index contributed by atoms with van der Waals surface area (Å²) < 4.78 is 10.5. The number of esters is 1. The predicted molar refractivity (Wildman–Crippen MR) is 109 cm³/mol. The highest BCUT2D eigenvalue weighted by atomic mass is 16.5. The number of H-pyrrole nitrogens is 1. The molecule has 0 saturated carbocycles. The Balaban J connectivity index is 2.29. The van der Waals surface area contributed by atoms with Gasteiger partial charge >= 0.3 is 5.97 Å². The standard InChI is InChI=1S/C22H28N2O4/c1-7-12-24(13-17-8-10-18(27-6)11-9-17)21(25)20-15(4)19(16(5)23-20)22(26)28-14(2)3/h7-11,14,23H,1,12-13H2,2-6H3. The molecule has 0 atom stereocenters. The van der Waals surface area contributed by atoms with Gasteiger partial charge in [-0.05, 0) is 51.0 Å². The van der Waals surface area contributed by atoms with Gasteiger partial charge in [-0.2, -0.15) is 0 Å². The van der Waals surface area contributed by atoms with Crippen molar-refractivity contribution in [2.45, 2.75) is 40.3 Å². The molecule has 0 fully saturated rings. The van der Waals surface area contributed by atoms with Gasteiger partial charge in [-0.25, -0.2) is 4.79 Å². The van der Waals surface area contributed by atoms with Gasteiger partial charge in [0.15, 0.2) is 0 Å². The van der Waals surface area contributed by atoms with Crippen LogP contribution >= 0.6 is 0 Å². The molecule has 0 aliphatic heterocycles. The molecule has 0 aliphatic rings. The molecular weight excluding hydrogens is 356 g/mol. The van der Waals surface area contributed by atoms with E-state index in [4.69, 9.17) is 9.47 Å². The average Bonchev–Trinajstić information content (AvgIpc) is 2.95. The summed E-state index contributed by atoms with van der Waals surface area (Å²) >= 11 is 0. The van der Waals surface area contributed by atoms with E-state index in [0.29, 0.717) is 35.6 Å². The summed E-state index contributed by atoms with van der Waals surface area (Å²) in [4.78, 5) is 30.3. The first kappa shape index (κ1) is 21.3. The zero-order valence-electron chi connectivity index (χ0n) is 17.2. The molecule has 0 bridgehead atoms. The normalized spacial score (nSPS) is 10.6. The smallest absolute Gasteiger partial charge is 0.340 e. The first-order chi connectivity index (χ1) is 13.3. The van der Waals surface area contributed by atoms with E-state index in [0.717, 1.165) is 11.3 Å². The number of methoxy groups -OCH3 is 1. The Labute approximate surface area is 166 Å². The fraction of sp³-hybridized carbons (Fsp3) is 0.364. The molecule has 6 nitrogen and oxygen atoms in total. The van der Waals surface area contributed by atoms with Gasteiger partial charge in [0.25, 0.3) is 5.91 Å². The van der Waals surface area contributed by atoms with E-state index < -0.39 is 5.97 Å². The number of carbonyl (C=O) groups is 2. The first-order valence-corrected chi connectivity index (χ1v) is 9.21. The summed E-state index contributed by atoms with van der Waals surface area (Å²) in [7, 11) is 1.61. The number of hydrogen-bond acceptors (Lipinski definition) is 4. The van der Waals surface area contributed by atoms with Crippen molar-refractivity contribution in [1.29, 1.82) is 0 Å². The fourth-order valence-corrected chi connectivity index (χ4v) is 3.03. The molecule has 0 spiro atoms. The highest BCUT2D eigenvalue weighted by Gasteiger charge is 2.26. The molecule has 2 aromatic rings. The van der Waals surface area contributed by atoms with Crippen LogP contribution in [0.3, 0.4) is 0 Å². The third-order valence-electron chi connectivity index (χ3n) is 4.37. The summed E-state index contributed by atoms with van der Waals surface area (Å²) in [6.07, 6.45) is 1.45. The van der Waals surface area contributed by atoms with Gasteiger partial charge in [0.1, 0.15) is 11.4 Å². The van der Waals surface area contributed by atoms with Crippen molar-refractivity contribution in [2.24, 2.45) is 0 Å². The molecule has 0 aliphatic carbocycles. The van der Waals surface area contributed by atoms with Crippen LogP contribution in [0.25, 0.3) is 0 Å². The topological polar surface area (TPSA) is 71.6 Å². The molecule has 1 aromatic carbocycles. The van der Waals surface area contributed by atoms with Crippen molar-refractivity contribution in [1.82, 2.24) is 9.88 Å². The molecule has 28 heavy (non-hydrogen) atoms. The molecular formula is C22H28N2O4. The number of aromatic amines is 1. The SMILES string of the molecule is C=CCN(Cc1ccc(OC)cc1)C(=O)c1[nH]c(C)c(C(=O)OC(C)C)c1C. The number of ether oxygens (including phenoxy) is 2. The Kier molecular flexibility index (Phi) is 7.04. The van der Waals surface area contributed by atoms with Gasteiger partial charge < -0.3 is 19.4 Å². The van der Waals surface area contributed by atoms with Crippen LogP contribution in [0.1, 0.15) is 51.5 Å². The van der Waals surface area contributed by atoms with Crippen molar-refractivity contribution < 1.29 is 19.1 Å². The number of rotatable bonds is 8. The lowest BCUT2D eigenvalue weighted by atomic mass is 10.1. The second kappa shape index (κ2) is 9.26. The second-order valence-corrected chi connectivity index (χ2v) is 6.90. The third-order valence-corrected chi connectivity index (χ3v) is 4.37. The lowest BCUT2D eigenvalue weighted by Crippen LogP contribution is -2.31. The first-order valence-electron chi connectivity index (χ1n) is 9.21. The van der Waals surface area contributed by atoms with Gasteiger partial charge in [-0.3, -0.25) is 4.79 Å². The maximum atomic E-state index is 13.2. The van der Waals surface area contributed by atoms with Crippen LogP contribution in [0, 0.1) is 13.8 Å². The van der Waals surface area contributed by atoms with E-state index in [-0.39, 0.29) is 12.0 Å². The average molecular weight is 384 g/mol. The van der Waals surface area contributed by atoms with Gasteiger partial charge in [-0.15, -0.1) is 6.58 Å². The van der Waals surface area contributed by atoms with Crippen LogP contribution in [-0.2, 0) is 11.3 Å². The summed E-state index contributed by atoms with van der Waals surface area (Å²) in [6.45, 7) is 11.7. The lowest BCUT2D eigenvalue weighted by Gasteiger charge is -2.21. The van der Waals surface area contributed by atoms with Crippen molar-refractivity contribution >= 4 is 11.9 Å². The van der Waals surface area contributed by atoms with Gasteiger partial charge in [0, 0.05) is 18.8 Å². The van der Waals surface area contributed by atoms with E-state index in [2.05, 4.69) is 11.6 Å².